The van der Waals surface area contributed by atoms with Crippen LogP contribution >= 0.6 is 11.8 Å². The van der Waals surface area contributed by atoms with E-state index in [1.807, 2.05) is 22.7 Å². The third kappa shape index (κ3) is 5.07. The lowest BCUT2D eigenvalue weighted by Crippen LogP contribution is -2.39. The maximum atomic E-state index is 13.0. The van der Waals surface area contributed by atoms with Gasteiger partial charge in [0, 0.05) is 55.5 Å². The van der Waals surface area contributed by atoms with Crippen molar-refractivity contribution in [2.24, 2.45) is 0 Å². The molecule has 2 fully saturated rings. The average molecular weight is 424 g/mol. The Morgan fingerprint density at radius 2 is 1.72 bits per heavy atom. The molecule has 0 atom stereocenters. The number of nitrogens with zero attached hydrogens (tertiary/aromatic N) is 4. The molecule has 2 aromatic rings. The van der Waals surface area contributed by atoms with E-state index in [2.05, 4.69) is 20.2 Å². The van der Waals surface area contributed by atoms with Crippen LogP contribution in [0.15, 0.2) is 36.7 Å². The highest BCUT2D eigenvalue weighted by Gasteiger charge is 2.31. The number of alkyl halides is 3. The average Bonchev–Trinajstić information content (AvgIpc) is 2.75. The summed E-state index contributed by atoms with van der Waals surface area (Å²) in [5.74, 6) is 3.98. The minimum absolute atomic E-state index is 0.247. The molecule has 0 unspecified atom stereocenters. The summed E-state index contributed by atoms with van der Waals surface area (Å²) >= 11 is 1.96. The normalized spacial score (nSPS) is 18.7. The van der Waals surface area contributed by atoms with Crippen LogP contribution in [0.2, 0.25) is 0 Å². The number of nitrogens with one attached hydrogen (secondary N) is 1. The van der Waals surface area contributed by atoms with Crippen LogP contribution in [0.1, 0.15) is 18.4 Å². The Hall–Kier alpha value is -2.16. The fraction of sp³-hybridized carbons (Fsp3) is 0.500. The van der Waals surface area contributed by atoms with Crippen LogP contribution in [-0.2, 0) is 6.18 Å². The highest BCUT2D eigenvalue weighted by Crippen LogP contribution is 2.32. The van der Waals surface area contributed by atoms with Crippen molar-refractivity contribution in [2.75, 3.05) is 52.8 Å². The Kier molecular flexibility index (Phi) is 6.03. The fourth-order valence-electron chi connectivity index (χ4n) is 3.76. The Balaban J connectivity index is 1.35. The van der Waals surface area contributed by atoms with Crippen molar-refractivity contribution in [3.63, 3.8) is 0 Å². The van der Waals surface area contributed by atoms with Crippen LogP contribution in [-0.4, -0.2) is 53.7 Å². The third-order valence-electron chi connectivity index (χ3n) is 5.37. The van der Waals surface area contributed by atoms with Gasteiger partial charge >= 0.3 is 6.18 Å². The highest BCUT2D eigenvalue weighted by atomic mass is 32.2. The second kappa shape index (κ2) is 8.69. The van der Waals surface area contributed by atoms with Gasteiger partial charge in [0.25, 0.3) is 0 Å². The van der Waals surface area contributed by atoms with Crippen LogP contribution in [0.5, 0.6) is 0 Å². The zero-order valence-corrected chi connectivity index (χ0v) is 16.8. The van der Waals surface area contributed by atoms with E-state index < -0.39 is 11.7 Å². The molecular formula is C20H24F3N5S. The smallest absolute Gasteiger partial charge is 0.371 e. The Bertz CT molecular complexity index is 818. The van der Waals surface area contributed by atoms with Gasteiger partial charge < -0.3 is 15.1 Å². The summed E-state index contributed by atoms with van der Waals surface area (Å²) in [6.45, 7) is 3.41. The van der Waals surface area contributed by atoms with Gasteiger partial charge in [-0.25, -0.2) is 9.97 Å². The van der Waals surface area contributed by atoms with E-state index in [-0.39, 0.29) is 6.04 Å². The van der Waals surface area contributed by atoms with E-state index in [1.54, 1.807) is 12.4 Å². The number of aromatic nitrogens is 2. The van der Waals surface area contributed by atoms with Crippen molar-refractivity contribution in [1.82, 2.24) is 9.97 Å². The van der Waals surface area contributed by atoms with E-state index >= 15 is 0 Å². The minimum Gasteiger partial charge on any atom is -0.371 e. The first-order valence-electron chi connectivity index (χ1n) is 9.82. The summed E-state index contributed by atoms with van der Waals surface area (Å²) in [5, 5.41) is 3.48. The number of anilines is 3. The zero-order valence-electron chi connectivity index (χ0n) is 16.0. The highest BCUT2D eigenvalue weighted by molar-refractivity contribution is 7.99. The third-order valence-corrected chi connectivity index (χ3v) is 6.32. The number of hydrogen-bond acceptors (Lipinski definition) is 6. The van der Waals surface area contributed by atoms with Crippen molar-refractivity contribution >= 4 is 29.1 Å². The van der Waals surface area contributed by atoms with E-state index in [0.29, 0.717) is 18.8 Å². The van der Waals surface area contributed by atoms with E-state index in [4.69, 9.17) is 0 Å². The van der Waals surface area contributed by atoms with E-state index in [1.165, 1.54) is 12.1 Å². The molecule has 2 aliphatic heterocycles. The Labute approximate surface area is 172 Å². The van der Waals surface area contributed by atoms with Gasteiger partial charge in [-0.1, -0.05) is 6.07 Å². The summed E-state index contributed by atoms with van der Waals surface area (Å²) < 4.78 is 38.9. The van der Waals surface area contributed by atoms with Gasteiger partial charge in [-0.15, -0.1) is 0 Å². The molecule has 0 amide bonds. The molecule has 0 spiro atoms. The maximum absolute atomic E-state index is 13.0. The molecule has 5 nitrogen and oxygen atoms in total. The molecule has 0 bridgehead atoms. The van der Waals surface area contributed by atoms with Crippen molar-refractivity contribution < 1.29 is 13.2 Å². The number of hydrogen-bond donors (Lipinski definition) is 1. The first-order chi connectivity index (χ1) is 14.0. The molecule has 0 aliphatic carbocycles. The molecule has 0 saturated carbocycles. The predicted molar refractivity (Wildman–Crippen MR) is 112 cm³/mol. The molecule has 0 radical (unpaired) electrons. The summed E-state index contributed by atoms with van der Waals surface area (Å²) in [6, 6.07) is 7.82. The summed E-state index contributed by atoms with van der Waals surface area (Å²) in [7, 11) is 0. The summed E-state index contributed by atoms with van der Waals surface area (Å²) in [6.07, 6.45) is -1.03. The summed E-state index contributed by atoms with van der Waals surface area (Å²) in [4.78, 5) is 13.0. The van der Waals surface area contributed by atoms with E-state index in [9.17, 15) is 13.2 Å². The van der Waals surface area contributed by atoms with Crippen LogP contribution < -0.4 is 15.1 Å². The molecule has 156 valence electrons. The molecule has 1 N–H and O–H groups in total. The lowest BCUT2D eigenvalue weighted by Gasteiger charge is -2.34. The molecular weight excluding hydrogens is 399 g/mol. The standard InChI is InChI=1S/C20H24F3N5S/c21-20(22,23)15-2-1-3-17(12-15)27-6-4-16(5-7-27)26-18-13-19(25-14-24-18)28-8-10-29-11-9-28/h1-3,12-14,16H,4-11H2,(H,24,25,26). The first-order valence-corrected chi connectivity index (χ1v) is 11.0. The minimum atomic E-state index is -4.31. The van der Waals surface area contributed by atoms with Gasteiger partial charge in [0.2, 0.25) is 0 Å². The topological polar surface area (TPSA) is 44.3 Å². The second-order valence-corrected chi connectivity index (χ2v) is 8.54. The SMILES string of the molecule is FC(F)(F)c1cccc(N2CCC(Nc3cc(N4CCSCC4)ncn3)CC2)c1. The zero-order chi connectivity index (χ0) is 20.3. The molecule has 3 heterocycles. The molecule has 1 aromatic carbocycles. The molecule has 1 aromatic heterocycles. The van der Waals surface area contributed by atoms with Crippen molar-refractivity contribution in [3.05, 3.63) is 42.2 Å². The van der Waals surface area contributed by atoms with Gasteiger partial charge in [-0.3, -0.25) is 0 Å². The summed E-state index contributed by atoms with van der Waals surface area (Å²) in [5.41, 5.74) is 0.0328. The molecule has 2 aliphatic rings. The second-order valence-electron chi connectivity index (χ2n) is 7.31. The number of piperidine rings is 1. The molecule has 29 heavy (non-hydrogen) atoms. The molecule has 4 rings (SSSR count). The molecule has 2 saturated heterocycles. The molecule has 9 heteroatoms. The van der Waals surface area contributed by atoms with Crippen LogP contribution in [0, 0.1) is 0 Å². The van der Waals surface area contributed by atoms with Gasteiger partial charge in [-0.05, 0) is 31.0 Å². The lowest BCUT2D eigenvalue weighted by atomic mass is 10.0. The maximum Gasteiger partial charge on any atom is 0.416 e. The number of rotatable bonds is 4. The van der Waals surface area contributed by atoms with Gasteiger partial charge in [-0.2, -0.15) is 24.9 Å². The van der Waals surface area contributed by atoms with Crippen molar-refractivity contribution in [1.29, 1.82) is 0 Å². The van der Waals surface area contributed by atoms with E-state index in [0.717, 1.165) is 55.1 Å². The first kappa shape index (κ1) is 20.1. The predicted octanol–water partition coefficient (Wildman–Crippen LogP) is 4.13. The van der Waals surface area contributed by atoms with Crippen LogP contribution in [0.3, 0.4) is 0 Å². The Morgan fingerprint density at radius 3 is 2.45 bits per heavy atom. The Morgan fingerprint density at radius 1 is 0.966 bits per heavy atom. The van der Waals surface area contributed by atoms with Gasteiger partial charge in [0.05, 0.1) is 5.56 Å². The fourth-order valence-corrected chi connectivity index (χ4v) is 4.66. The largest absolute Gasteiger partial charge is 0.416 e. The van der Waals surface area contributed by atoms with Gasteiger partial charge in [0.1, 0.15) is 18.0 Å². The quantitative estimate of drug-likeness (QED) is 0.798. The van der Waals surface area contributed by atoms with Crippen molar-refractivity contribution in [2.45, 2.75) is 25.1 Å². The number of thioether (sulfide) groups is 1. The van der Waals surface area contributed by atoms with Gasteiger partial charge in [0.15, 0.2) is 0 Å². The lowest BCUT2D eigenvalue weighted by molar-refractivity contribution is -0.137. The van der Waals surface area contributed by atoms with Crippen molar-refractivity contribution in [3.8, 4) is 0 Å². The van der Waals surface area contributed by atoms with Crippen LogP contribution in [0.25, 0.3) is 0 Å². The number of halogens is 3. The van der Waals surface area contributed by atoms with Crippen LogP contribution in [0.4, 0.5) is 30.5 Å². The number of benzene rings is 1. The monoisotopic (exact) mass is 423 g/mol.